The molecule has 0 unspecified atom stereocenters. The third-order valence-corrected chi connectivity index (χ3v) is 5.05. The molecule has 1 aromatic heterocycles. The van der Waals surface area contributed by atoms with Crippen LogP contribution in [0.3, 0.4) is 0 Å². The highest BCUT2D eigenvalue weighted by atomic mass is 32.2. The summed E-state index contributed by atoms with van der Waals surface area (Å²) in [4.78, 5) is 0. The Hall–Kier alpha value is -0.550. The zero-order chi connectivity index (χ0) is 14.9. The van der Waals surface area contributed by atoms with Gasteiger partial charge in [-0.05, 0) is 44.1 Å². The number of hydrogen-bond acceptors (Lipinski definition) is 4. The third-order valence-electron chi connectivity index (χ3n) is 4.11. The van der Waals surface area contributed by atoms with Gasteiger partial charge in [-0.15, -0.1) is 10.2 Å². The predicted molar refractivity (Wildman–Crippen MR) is 87.9 cm³/mol. The van der Waals surface area contributed by atoms with Crippen molar-refractivity contribution in [3.63, 3.8) is 0 Å². The van der Waals surface area contributed by atoms with Gasteiger partial charge in [-0.25, -0.2) is 0 Å². The molecule has 2 saturated carbocycles. The van der Waals surface area contributed by atoms with Crippen LogP contribution in [0.2, 0.25) is 0 Å². The lowest BCUT2D eigenvalue weighted by Gasteiger charge is -2.17. The number of thioether (sulfide) groups is 1. The number of nitrogens with zero attached hydrogens (tertiary/aromatic N) is 3. The van der Waals surface area contributed by atoms with Gasteiger partial charge < -0.3 is 9.88 Å². The topological polar surface area (TPSA) is 42.7 Å². The van der Waals surface area contributed by atoms with E-state index < -0.39 is 0 Å². The van der Waals surface area contributed by atoms with Crippen LogP contribution in [0.1, 0.15) is 70.7 Å². The monoisotopic (exact) mass is 308 g/mol. The minimum atomic E-state index is 0.422. The smallest absolute Gasteiger partial charge is 0.191 e. The number of nitrogens with one attached hydrogen (secondary N) is 1. The lowest BCUT2D eigenvalue weighted by molar-refractivity contribution is 0.369. The average Bonchev–Trinajstić information content (AvgIpc) is 3.31. The van der Waals surface area contributed by atoms with Gasteiger partial charge in [0, 0.05) is 24.3 Å². The van der Waals surface area contributed by atoms with E-state index in [1.165, 1.54) is 37.9 Å². The van der Waals surface area contributed by atoms with E-state index in [9.17, 15) is 0 Å². The SMILES string of the molecule is CC(C)(C)CCNCCSc1nnc(C2CC2)n1C1CC1. The Morgan fingerprint density at radius 2 is 1.90 bits per heavy atom. The standard InChI is InChI=1S/C16H28N4S/c1-16(2,3)8-9-17-10-11-21-15-19-18-14(12-4-5-12)20(15)13-6-7-13/h12-13,17H,4-11H2,1-3H3. The summed E-state index contributed by atoms with van der Waals surface area (Å²) in [6.07, 6.45) is 6.47. The van der Waals surface area contributed by atoms with Crippen molar-refractivity contribution in [3.8, 4) is 0 Å². The number of rotatable bonds is 8. The van der Waals surface area contributed by atoms with Gasteiger partial charge >= 0.3 is 0 Å². The highest BCUT2D eigenvalue weighted by molar-refractivity contribution is 7.99. The fourth-order valence-corrected chi connectivity index (χ4v) is 3.39. The molecule has 21 heavy (non-hydrogen) atoms. The molecule has 1 heterocycles. The maximum Gasteiger partial charge on any atom is 0.191 e. The molecule has 4 nitrogen and oxygen atoms in total. The zero-order valence-electron chi connectivity index (χ0n) is 13.6. The Balaban J connectivity index is 1.43. The van der Waals surface area contributed by atoms with Crippen molar-refractivity contribution in [2.45, 2.75) is 70.0 Å². The highest BCUT2D eigenvalue weighted by Crippen LogP contribution is 2.45. The van der Waals surface area contributed by atoms with E-state index in [1.807, 2.05) is 11.8 Å². The molecule has 2 aliphatic rings. The number of aromatic nitrogens is 3. The van der Waals surface area contributed by atoms with Crippen molar-refractivity contribution in [3.05, 3.63) is 5.82 Å². The number of hydrogen-bond donors (Lipinski definition) is 1. The first kappa shape index (κ1) is 15.3. The summed E-state index contributed by atoms with van der Waals surface area (Å²) in [5, 5.41) is 13.6. The molecule has 118 valence electrons. The van der Waals surface area contributed by atoms with Gasteiger partial charge in [0.15, 0.2) is 5.16 Å². The van der Waals surface area contributed by atoms with Gasteiger partial charge in [-0.1, -0.05) is 32.5 Å². The molecule has 2 fully saturated rings. The summed E-state index contributed by atoms with van der Waals surface area (Å²) < 4.78 is 2.44. The van der Waals surface area contributed by atoms with Crippen molar-refractivity contribution in [2.75, 3.05) is 18.8 Å². The molecular formula is C16H28N4S. The van der Waals surface area contributed by atoms with E-state index in [2.05, 4.69) is 40.9 Å². The molecule has 5 heteroatoms. The van der Waals surface area contributed by atoms with Crippen LogP contribution < -0.4 is 5.32 Å². The molecule has 2 aliphatic carbocycles. The van der Waals surface area contributed by atoms with E-state index in [0.29, 0.717) is 17.4 Å². The molecule has 0 amide bonds. The van der Waals surface area contributed by atoms with Crippen LogP contribution in [0.15, 0.2) is 5.16 Å². The van der Waals surface area contributed by atoms with Gasteiger partial charge in [0.05, 0.1) is 0 Å². The summed E-state index contributed by atoms with van der Waals surface area (Å²) in [7, 11) is 0. The maximum atomic E-state index is 4.46. The normalized spacial score (nSPS) is 19.2. The average molecular weight is 308 g/mol. The van der Waals surface area contributed by atoms with Gasteiger partial charge in [0.25, 0.3) is 0 Å². The van der Waals surface area contributed by atoms with Crippen LogP contribution in [0, 0.1) is 5.41 Å². The molecule has 3 rings (SSSR count). The molecule has 0 saturated heterocycles. The fraction of sp³-hybridized carbons (Fsp3) is 0.875. The Morgan fingerprint density at radius 3 is 2.52 bits per heavy atom. The van der Waals surface area contributed by atoms with Gasteiger partial charge in [0.1, 0.15) is 5.82 Å². The van der Waals surface area contributed by atoms with Crippen molar-refractivity contribution >= 4 is 11.8 Å². The Bertz CT molecular complexity index is 469. The summed E-state index contributed by atoms with van der Waals surface area (Å²) in [6.45, 7) is 9.03. The first-order valence-electron chi connectivity index (χ1n) is 8.33. The van der Waals surface area contributed by atoms with E-state index in [0.717, 1.165) is 24.0 Å². The lowest BCUT2D eigenvalue weighted by Crippen LogP contribution is -2.22. The van der Waals surface area contributed by atoms with Crippen molar-refractivity contribution in [2.24, 2.45) is 5.41 Å². The van der Waals surface area contributed by atoms with Crippen LogP contribution in [-0.4, -0.2) is 33.6 Å². The molecule has 0 aromatic carbocycles. The highest BCUT2D eigenvalue weighted by Gasteiger charge is 2.36. The predicted octanol–water partition coefficient (Wildman–Crippen LogP) is 3.61. The van der Waals surface area contributed by atoms with Crippen LogP contribution in [0.25, 0.3) is 0 Å². The van der Waals surface area contributed by atoms with Crippen LogP contribution in [0.5, 0.6) is 0 Å². The van der Waals surface area contributed by atoms with Gasteiger partial charge in [-0.2, -0.15) is 0 Å². The third kappa shape index (κ3) is 4.46. The second-order valence-electron chi connectivity index (χ2n) is 7.63. The Kier molecular flexibility index (Phi) is 4.60. The van der Waals surface area contributed by atoms with E-state index in [-0.39, 0.29) is 0 Å². The van der Waals surface area contributed by atoms with Crippen LogP contribution in [0.4, 0.5) is 0 Å². The van der Waals surface area contributed by atoms with Gasteiger partial charge in [0.2, 0.25) is 0 Å². The summed E-state index contributed by atoms with van der Waals surface area (Å²) in [5.74, 6) is 3.05. The second-order valence-corrected chi connectivity index (χ2v) is 8.69. The second kappa shape index (κ2) is 6.29. The minimum Gasteiger partial charge on any atom is -0.316 e. The molecule has 0 spiro atoms. The molecule has 0 atom stereocenters. The van der Waals surface area contributed by atoms with Crippen LogP contribution in [-0.2, 0) is 0 Å². The first-order valence-corrected chi connectivity index (χ1v) is 9.31. The summed E-state index contributed by atoms with van der Waals surface area (Å²) in [5.41, 5.74) is 0.422. The Morgan fingerprint density at radius 1 is 1.14 bits per heavy atom. The van der Waals surface area contributed by atoms with E-state index >= 15 is 0 Å². The molecule has 0 bridgehead atoms. The molecule has 1 N–H and O–H groups in total. The minimum absolute atomic E-state index is 0.422. The lowest BCUT2D eigenvalue weighted by atomic mass is 9.92. The molecule has 0 aliphatic heterocycles. The quantitative estimate of drug-likeness (QED) is 0.588. The molecule has 0 radical (unpaired) electrons. The van der Waals surface area contributed by atoms with Crippen molar-refractivity contribution < 1.29 is 0 Å². The zero-order valence-corrected chi connectivity index (χ0v) is 14.4. The largest absolute Gasteiger partial charge is 0.316 e. The van der Waals surface area contributed by atoms with E-state index in [4.69, 9.17) is 0 Å². The molecule has 1 aromatic rings. The fourth-order valence-electron chi connectivity index (χ4n) is 2.49. The Labute approximate surface area is 132 Å². The maximum absolute atomic E-state index is 4.46. The summed E-state index contributed by atoms with van der Waals surface area (Å²) in [6, 6.07) is 0.701. The first-order chi connectivity index (χ1) is 10.0. The van der Waals surface area contributed by atoms with E-state index in [1.54, 1.807) is 0 Å². The van der Waals surface area contributed by atoms with Crippen LogP contribution >= 0.6 is 11.8 Å². The van der Waals surface area contributed by atoms with Gasteiger partial charge in [-0.3, -0.25) is 0 Å². The van der Waals surface area contributed by atoms with Crippen molar-refractivity contribution in [1.82, 2.24) is 20.1 Å². The summed E-state index contributed by atoms with van der Waals surface area (Å²) >= 11 is 1.87. The van der Waals surface area contributed by atoms with Crippen molar-refractivity contribution in [1.29, 1.82) is 0 Å². The molecular weight excluding hydrogens is 280 g/mol.